The third kappa shape index (κ3) is 2.55. The summed E-state index contributed by atoms with van der Waals surface area (Å²) < 4.78 is 0. The van der Waals surface area contributed by atoms with Crippen molar-refractivity contribution in [2.45, 2.75) is 52.0 Å². The van der Waals surface area contributed by atoms with Gasteiger partial charge in [0.2, 0.25) is 0 Å². The van der Waals surface area contributed by atoms with Gasteiger partial charge in [-0.3, -0.25) is 0 Å². The molecule has 1 unspecified atom stereocenters. The Balaban J connectivity index is 2.27. The van der Waals surface area contributed by atoms with Gasteiger partial charge in [-0.15, -0.1) is 0 Å². The zero-order valence-corrected chi connectivity index (χ0v) is 11.2. The van der Waals surface area contributed by atoms with Crippen LogP contribution in [0.5, 0.6) is 0 Å². The van der Waals surface area contributed by atoms with Gasteiger partial charge in [0, 0.05) is 6.04 Å². The zero-order chi connectivity index (χ0) is 12.1. The fourth-order valence-electron chi connectivity index (χ4n) is 3.46. The quantitative estimate of drug-likeness (QED) is 0.796. The smallest absolute Gasteiger partial charge is 0.0376 e. The highest BCUT2D eigenvalue weighted by molar-refractivity contribution is 5.22. The maximum absolute atomic E-state index is 3.73. The molecule has 0 heterocycles. The first kappa shape index (κ1) is 12.6. The average Bonchev–Trinajstić information content (AvgIpc) is 2.87. The van der Waals surface area contributed by atoms with Crippen molar-refractivity contribution in [3.8, 4) is 0 Å². The van der Waals surface area contributed by atoms with Crippen molar-refractivity contribution >= 4 is 0 Å². The Morgan fingerprint density at radius 1 is 1.12 bits per heavy atom. The van der Waals surface area contributed by atoms with Crippen molar-refractivity contribution in [3.63, 3.8) is 0 Å². The van der Waals surface area contributed by atoms with Gasteiger partial charge in [0.15, 0.2) is 0 Å². The van der Waals surface area contributed by atoms with Crippen LogP contribution in [0.25, 0.3) is 0 Å². The van der Waals surface area contributed by atoms with Gasteiger partial charge in [0.25, 0.3) is 0 Å². The molecule has 17 heavy (non-hydrogen) atoms. The van der Waals surface area contributed by atoms with Crippen molar-refractivity contribution in [1.82, 2.24) is 5.32 Å². The van der Waals surface area contributed by atoms with Crippen molar-refractivity contribution in [3.05, 3.63) is 35.9 Å². The van der Waals surface area contributed by atoms with E-state index in [2.05, 4.69) is 49.5 Å². The van der Waals surface area contributed by atoms with Gasteiger partial charge in [-0.25, -0.2) is 0 Å². The molecule has 1 nitrogen and oxygen atoms in total. The normalized spacial score (nSPS) is 20.4. The van der Waals surface area contributed by atoms with E-state index >= 15 is 0 Å². The summed E-state index contributed by atoms with van der Waals surface area (Å²) in [6.45, 7) is 5.63. The molecule has 1 N–H and O–H groups in total. The highest BCUT2D eigenvalue weighted by Crippen LogP contribution is 2.49. The summed E-state index contributed by atoms with van der Waals surface area (Å²) in [5, 5.41) is 3.73. The van der Waals surface area contributed by atoms with Gasteiger partial charge < -0.3 is 5.32 Å². The number of benzene rings is 1. The van der Waals surface area contributed by atoms with Crippen molar-refractivity contribution in [1.29, 1.82) is 0 Å². The van der Waals surface area contributed by atoms with Crippen LogP contribution >= 0.6 is 0 Å². The van der Waals surface area contributed by atoms with E-state index < -0.39 is 0 Å². The lowest BCUT2D eigenvalue weighted by molar-refractivity contribution is 0.189. The molecule has 1 aromatic carbocycles. The van der Waals surface area contributed by atoms with Gasteiger partial charge in [0.05, 0.1) is 0 Å². The number of hydrogen-bond acceptors (Lipinski definition) is 1. The molecule has 0 saturated heterocycles. The van der Waals surface area contributed by atoms with Crippen LogP contribution in [-0.4, -0.2) is 6.54 Å². The largest absolute Gasteiger partial charge is 0.310 e. The molecule has 1 saturated carbocycles. The minimum Gasteiger partial charge on any atom is -0.310 e. The molecule has 0 amide bonds. The number of hydrogen-bond donors (Lipinski definition) is 1. The van der Waals surface area contributed by atoms with Crippen LogP contribution in [0, 0.1) is 5.41 Å². The van der Waals surface area contributed by atoms with E-state index in [1.54, 1.807) is 0 Å². The van der Waals surface area contributed by atoms with Gasteiger partial charge in [0.1, 0.15) is 0 Å². The first-order valence-corrected chi connectivity index (χ1v) is 7.11. The molecular weight excluding hydrogens is 206 g/mol. The van der Waals surface area contributed by atoms with Crippen LogP contribution in [0.15, 0.2) is 30.3 Å². The topological polar surface area (TPSA) is 12.0 Å². The Kier molecular flexibility index (Phi) is 4.22. The molecule has 0 radical (unpaired) electrons. The molecule has 1 aliphatic carbocycles. The molecule has 2 rings (SSSR count). The fraction of sp³-hybridized carbons (Fsp3) is 0.625. The highest BCUT2D eigenvalue weighted by atomic mass is 14.9. The summed E-state index contributed by atoms with van der Waals surface area (Å²) in [7, 11) is 0. The standard InChI is InChI=1S/C16H25N/c1-3-16(12-8-9-13-16)15(17-4-2)14-10-6-5-7-11-14/h5-7,10-11,15,17H,3-4,8-9,12-13H2,1-2H3. The third-order valence-corrected chi connectivity index (χ3v) is 4.46. The zero-order valence-electron chi connectivity index (χ0n) is 11.2. The molecule has 1 atom stereocenters. The summed E-state index contributed by atoms with van der Waals surface area (Å²) in [5.41, 5.74) is 1.97. The Hall–Kier alpha value is -0.820. The lowest BCUT2D eigenvalue weighted by Gasteiger charge is -2.38. The first-order valence-electron chi connectivity index (χ1n) is 7.11. The fourth-order valence-corrected chi connectivity index (χ4v) is 3.46. The second kappa shape index (κ2) is 5.68. The molecular formula is C16H25N. The predicted molar refractivity (Wildman–Crippen MR) is 74.1 cm³/mol. The summed E-state index contributed by atoms with van der Waals surface area (Å²) >= 11 is 0. The lowest BCUT2D eigenvalue weighted by Crippen LogP contribution is -2.36. The number of nitrogens with one attached hydrogen (secondary N) is 1. The average molecular weight is 231 g/mol. The minimum atomic E-state index is 0.497. The van der Waals surface area contributed by atoms with E-state index in [1.165, 1.54) is 37.7 Å². The second-order valence-electron chi connectivity index (χ2n) is 5.32. The van der Waals surface area contributed by atoms with Crippen molar-refractivity contribution in [2.75, 3.05) is 6.54 Å². The lowest BCUT2D eigenvalue weighted by atomic mass is 9.73. The van der Waals surface area contributed by atoms with Crippen LogP contribution < -0.4 is 5.32 Å². The first-order chi connectivity index (χ1) is 8.32. The third-order valence-electron chi connectivity index (χ3n) is 4.46. The molecule has 0 aromatic heterocycles. The molecule has 0 bridgehead atoms. The van der Waals surface area contributed by atoms with Gasteiger partial charge >= 0.3 is 0 Å². The van der Waals surface area contributed by atoms with E-state index in [0.29, 0.717) is 11.5 Å². The molecule has 0 aliphatic heterocycles. The Morgan fingerprint density at radius 3 is 2.29 bits per heavy atom. The summed E-state index contributed by atoms with van der Waals surface area (Å²) in [6.07, 6.45) is 6.87. The summed E-state index contributed by atoms with van der Waals surface area (Å²) in [5.74, 6) is 0. The van der Waals surface area contributed by atoms with Crippen LogP contribution in [0.1, 0.15) is 57.6 Å². The van der Waals surface area contributed by atoms with E-state index in [-0.39, 0.29) is 0 Å². The maximum Gasteiger partial charge on any atom is 0.0376 e. The van der Waals surface area contributed by atoms with Crippen LogP contribution in [0.3, 0.4) is 0 Å². The second-order valence-corrected chi connectivity index (χ2v) is 5.32. The van der Waals surface area contributed by atoms with Crippen molar-refractivity contribution in [2.24, 2.45) is 5.41 Å². The highest BCUT2D eigenvalue weighted by Gasteiger charge is 2.39. The Morgan fingerprint density at radius 2 is 1.76 bits per heavy atom. The van der Waals surface area contributed by atoms with Crippen LogP contribution in [-0.2, 0) is 0 Å². The molecule has 1 aromatic rings. The molecule has 1 fully saturated rings. The van der Waals surface area contributed by atoms with Crippen molar-refractivity contribution < 1.29 is 0 Å². The maximum atomic E-state index is 3.73. The monoisotopic (exact) mass is 231 g/mol. The predicted octanol–water partition coefficient (Wildman–Crippen LogP) is 4.31. The molecule has 1 aliphatic rings. The molecule has 1 heteroatoms. The molecule has 0 spiro atoms. The van der Waals surface area contributed by atoms with E-state index in [4.69, 9.17) is 0 Å². The Bertz CT molecular complexity index is 325. The van der Waals surface area contributed by atoms with Gasteiger partial charge in [-0.2, -0.15) is 0 Å². The van der Waals surface area contributed by atoms with E-state index in [0.717, 1.165) is 6.54 Å². The van der Waals surface area contributed by atoms with Gasteiger partial charge in [-0.05, 0) is 36.8 Å². The van der Waals surface area contributed by atoms with Crippen LogP contribution in [0.2, 0.25) is 0 Å². The number of rotatable bonds is 5. The SMILES string of the molecule is CCNC(c1ccccc1)C1(CC)CCCC1. The Labute approximate surface area is 106 Å². The molecule has 94 valence electrons. The van der Waals surface area contributed by atoms with Gasteiger partial charge in [-0.1, -0.05) is 57.0 Å². The van der Waals surface area contributed by atoms with Crippen LogP contribution in [0.4, 0.5) is 0 Å². The van der Waals surface area contributed by atoms with E-state index in [1.807, 2.05) is 0 Å². The summed E-state index contributed by atoms with van der Waals surface area (Å²) in [4.78, 5) is 0. The van der Waals surface area contributed by atoms with E-state index in [9.17, 15) is 0 Å². The minimum absolute atomic E-state index is 0.497. The summed E-state index contributed by atoms with van der Waals surface area (Å²) in [6, 6.07) is 11.5.